The van der Waals surface area contributed by atoms with Crippen LogP contribution in [0.5, 0.6) is 0 Å². The Morgan fingerprint density at radius 1 is 1.18 bits per heavy atom. The molecule has 3 atom stereocenters. The van der Waals surface area contributed by atoms with Crippen molar-refractivity contribution in [1.82, 2.24) is 15.5 Å². The first-order valence-electron chi connectivity index (χ1n) is 14.1. The van der Waals surface area contributed by atoms with Gasteiger partial charge in [0.2, 0.25) is 11.8 Å². The molecule has 1 spiro atoms. The molecule has 2 amide bonds. The maximum atomic E-state index is 14.3. The fourth-order valence-electron chi connectivity index (χ4n) is 6.13. The Morgan fingerprint density at radius 3 is 2.58 bits per heavy atom. The van der Waals surface area contributed by atoms with Gasteiger partial charge in [0.05, 0.1) is 17.2 Å². The van der Waals surface area contributed by atoms with E-state index >= 15 is 0 Å². The number of halogens is 1. The van der Waals surface area contributed by atoms with Gasteiger partial charge in [-0.3, -0.25) is 9.59 Å². The number of carbonyl (C=O) groups excluding carboxylic acids is 2. The van der Waals surface area contributed by atoms with E-state index in [9.17, 15) is 19.1 Å². The average Bonchev–Trinajstić information content (AvgIpc) is 3.48. The molecule has 2 aliphatic carbocycles. The van der Waals surface area contributed by atoms with E-state index < -0.39 is 23.2 Å². The van der Waals surface area contributed by atoms with Gasteiger partial charge in [0.1, 0.15) is 11.9 Å². The number of amides is 2. The fourth-order valence-corrected chi connectivity index (χ4v) is 7.19. The molecule has 214 valence electrons. The van der Waals surface area contributed by atoms with E-state index in [0.717, 1.165) is 28.7 Å². The first kappa shape index (κ1) is 28.6. The van der Waals surface area contributed by atoms with Crippen LogP contribution in [0, 0.1) is 11.7 Å². The average molecular weight is 567 g/mol. The Balaban J connectivity index is 1.32. The highest BCUT2D eigenvalue weighted by Gasteiger charge is 2.55. The molecule has 1 saturated carbocycles. The number of aliphatic hydroxyl groups is 1. The van der Waals surface area contributed by atoms with Crippen molar-refractivity contribution in [3.05, 3.63) is 64.2 Å². The van der Waals surface area contributed by atoms with Crippen molar-refractivity contribution >= 4 is 40.0 Å². The van der Waals surface area contributed by atoms with Crippen LogP contribution in [-0.2, 0) is 9.59 Å². The highest BCUT2D eigenvalue weighted by Crippen LogP contribution is 2.54. The monoisotopic (exact) mass is 566 g/mol. The fraction of sp³-hybridized carbons (Fsp3) is 0.484. The van der Waals surface area contributed by atoms with Crippen molar-refractivity contribution in [3.63, 3.8) is 0 Å². The number of nitrogens with two attached hydrogens (primary N) is 1. The van der Waals surface area contributed by atoms with E-state index in [-0.39, 0.29) is 23.5 Å². The minimum atomic E-state index is -0.731. The van der Waals surface area contributed by atoms with Gasteiger partial charge in [-0.15, -0.1) is 0 Å². The molecule has 3 aliphatic rings. The lowest BCUT2D eigenvalue weighted by atomic mass is 9.76. The van der Waals surface area contributed by atoms with Crippen LogP contribution in [0.1, 0.15) is 57.9 Å². The summed E-state index contributed by atoms with van der Waals surface area (Å²) >= 11 is 1.50. The van der Waals surface area contributed by atoms with Gasteiger partial charge in [0.25, 0.3) is 0 Å². The lowest BCUT2D eigenvalue weighted by molar-refractivity contribution is -0.140. The zero-order valence-corrected chi connectivity index (χ0v) is 24.2. The summed E-state index contributed by atoms with van der Waals surface area (Å²) in [5, 5.41) is 19.6. The van der Waals surface area contributed by atoms with Crippen molar-refractivity contribution in [2.75, 3.05) is 13.6 Å². The SMILES string of the molecule is CN[C@@H](C)C(=O)N[C@H](C(=O)N1CCCC12C=C2S/C=C(\N)c1ccc(F)c2ccccc12)C1CCC(C)(O)CC1. The Kier molecular flexibility index (Phi) is 8.01. The zero-order valence-electron chi connectivity index (χ0n) is 23.4. The Morgan fingerprint density at radius 2 is 1.88 bits per heavy atom. The summed E-state index contributed by atoms with van der Waals surface area (Å²) in [4.78, 5) is 30.0. The summed E-state index contributed by atoms with van der Waals surface area (Å²) in [6.45, 7) is 4.24. The van der Waals surface area contributed by atoms with Gasteiger partial charge in [-0.25, -0.2) is 4.39 Å². The van der Waals surface area contributed by atoms with Gasteiger partial charge in [0, 0.05) is 28.1 Å². The van der Waals surface area contributed by atoms with Gasteiger partial charge in [-0.1, -0.05) is 36.0 Å². The number of hydrogen-bond donors (Lipinski definition) is 4. The topological polar surface area (TPSA) is 108 Å². The maximum Gasteiger partial charge on any atom is 0.246 e. The number of rotatable bonds is 8. The third-order valence-corrected chi connectivity index (χ3v) is 9.96. The molecule has 1 aliphatic heterocycles. The Bertz CT molecular complexity index is 1370. The molecule has 1 unspecified atom stereocenters. The van der Waals surface area contributed by atoms with E-state index in [4.69, 9.17) is 5.73 Å². The van der Waals surface area contributed by atoms with Crippen LogP contribution in [-0.4, -0.2) is 58.6 Å². The molecule has 2 aromatic carbocycles. The van der Waals surface area contributed by atoms with E-state index in [0.29, 0.717) is 43.3 Å². The van der Waals surface area contributed by atoms with Crippen molar-refractivity contribution in [2.45, 2.75) is 75.6 Å². The number of nitrogens with zero attached hydrogens (tertiary/aromatic N) is 1. The predicted octanol–water partition coefficient (Wildman–Crippen LogP) is 4.26. The normalized spacial score (nSPS) is 27.9. The van der Waals surface area contributed by atoms with Gasteiger partial charge in [-0.05, 0) is 94.3 Å². The molecule has 0 bridgehead atoms. The lowest BCUT2D eigenvalue weighted by Crippen LogP contribution is -2.57. The summed E-state index contributed by atoms with van der Waals surface area (Å²) < 4.78 is 14.3. The number of hydrogen-bond acceptors (Lipinski definition) is 6. The number of carbonyl (C=O) groups is 2. The van der Waals surface area contributed by atoms with Gasteiger partial charge >= 0.3 is 0 Å². The van der Waals surface area contributed by atoms with Crippen LogP contribution in [0.4, 0.5) is 4.39 Å². The molecule has 2 aromatic rings. The van der Waals surface area contributed by atoms with Crippen molar-refractivity contribution in [1.29, 1.82) is 0 Å². The van der Waals surface area contributed by atoms with Gasteiger partial charge in [0.15, 0.2) is 0 Å². The molecule has 5 rings (SSSR count). The molecular weight excluding hydrogens is 527 g/mol. The zero-order chi connectivity index (χ0) is 28.7. The maximum absolute atomic E-state index is 14.3. The summed E-state index contributed by atoms with van der Waals surface area (Å²) in [7, 11) is 1.72. The second-order valence-corrected chi connectivity index (χ2v) is 12.6. The number of benzene rings is 2. The first-order valence-corrected chi connectivity index (χ1v) is 15.0. The molecule has 40 heavy (non-hydrogen) atoms. The largest absolute Gasteiger partial charge is 0.398 e. The lowest BCUT2D eigenvalue weighted by Gasteiger charge is -2.39. The van der Waals surface area contributed by atoms with Crippen LogP contribution in [0.15, 0.2) is 52.8 Å². The third-order valence-electron chi connectivity index (χ3n) is 8.86. The van der Waals surface area contributed by atoms with Crippen LogP contribution < -0.4 is 16.4 Å². The molecule has 1 heterocycles. The van der Waals surface area contributed by atoms with Gasteiger partial charge in [-0.2, -0.15) is 0 Å². The number of likely N-dealkylation sites (tertiary alicyclic amines) is 1. The second-order valence-electron chi connectivity index (χ2n) is 11.7. The second kappa shape index (κ2) is 11.2. The van der Waals surface area contributed by atoms with Crippen molar-refractivity contribution < 1.29 is 19.1 Å². The number of likely N-dealkylation sites (N-methyl/N-ethyl adjacent to an activating group) is 1. The predicted molar refractivity (Wildman–Crippen MR) is 158 cm³/mol. The summed E-state index contributed by atoms with van der Waals surface area (Å²) in [5.41, 5.74) is 6.61. The first-order chi connectivity index (χ1) is 19.1. The van der Waals surface area contributed by atoms with Crippen molar-refractivity contribution in [3.8, 4) is 0 Å². The Labute approximate surface area is 239 Å². The minimum Gasteiger partial charge on any atom is -0.398 e. The summed E-state index contributed by atoms with van der Waals surface area (Å²) in [6.07, 6.45) is 6.39. The smallest absolute Gasteiger partial charge is 0.246 e. The van der Waals surface area contributed by atoms with E-state index in [1.807, 2.05) is 29.4 Å². The molecule has 7 nitrogen and oxygen atoms in total. The Hall–Kier alpha value is -2.88. The standard InChI is InChI=1S/C31H39FN4O3S/c1-19(34-3)28(37)35-27(20-11-14-30(2,39)15-12-20)29(38)36-16-6-13-31(36)17-26(31)40-18-25(33)23-9-10-24(32)22-8-5-4-7-21(22)23/h4-5,7-10,17-20,27,34,39H,6,11-16,33H2,1-3H3,(H,35,37)/b25-18-/t19-,20?,27-,30?,31?/m0/s1. The highest BCUT2D eigenvalue weighted by atomic mass is 32.2. The van der Waals surface area contributed by atoms with Crippen LogP contribution >= 0.6 is 11.8 Å². The van der Waals surface area contributed by atoms with Crippen LogP contribution in [0.2, 0.25) is 0 Å². The molecule has 9 heteroatoms. The minimum absolute atomic E-state index is 0.0319. The van der Waals surface area contributed by atoms with E-state index in [2.05, 4.69) is 16.7 Å². The van der Waals surface area contributed by atoms with Crippen molar-refractivity contribution in [2.24, 2.45) is 11.7 Å². The number of nitrogens with one attached hydrogen (secondary N) is 2. The van der Waals surface area contributed by atoms with E-state index in [1.165, 1.54) is 17.8 Å². The van der Waals surface area contributed by atoms with E-state index in [1.54, 1.807) is 32.2 Å². The molecule has 5 N–H and O–H groups in total. The molecule has 2 fully saturated rings. The van der Waals surface area contributed by atoms with Crippen LogP contribution in [0.3, 0.4) is 0 Å². The molecular formula is C31H39FN4O3S. The quantitative estimate of drug-likeness (QED) is 0.380. The van der Waals surface area contributed by atoms with Crippen LogP contribution in [0.25, 0.3) is 16.5 Å². The summed E-state index contributed by atoms with van der Waals surface area (Å²) in [6, 6.07) is 9.36. The number of thioether (sulfide) groups is 1. The highest BCUT2D eigenvalue weighted by molar-refractivity contribution is 8.06. The molecule has 0 radical (unpaired) electrons. The third kappa shape index (κ3) is 5.51. The summed E-state index contributed by atoms with van der Waals surface area (Å²) in [5.74, 6) is -0.576. The van der Waals surface area contributed by atoms with Gasteiger partial charge < -0.3 is 26.4 Å². The molecule has 0 aromatic heterocycles. The molecule has 1 saturated heterocycles. The number of fused-ring (bicyclic) bond motifs is 1.